The number of nitrogens with zero attached hydrogens (tertiary/aromatic N) is 3. The third-order valence-electron chi connectivity index (χ3n) is 5.10. The van der Waals surface area contributed by atoms with E-state index in [2.05, 4.69) is 15.3 Å². The van der Waals surface area contributed by atoms with Crippen LogP contribution in [0.1, 0.15) is 30.4 Å². The molecule has 5 nitrogen and oxygen atoms in total. The molecule has 2 aromatic heterocycles. The topological polar surface area (TPSA) is 59.8 Å². The molecule has 1 aliphatic carbocycles. The number of aryl methyl sites for hydroxylation is 1. The summed E-state index contributed by atoms with van der Waals surface area (Å²) in [7, 11) is 0. The standard InChI is InChI=1S/C20H19F3N4O/c1-12-7-14(20(21,22)23)5-6-16(12)13-8-17-19(24-9-13)27(11-25-17)10-18(28)26-15-3-2-4-15/h5-9,11,15H,2-4,10H2,1H3,(H,26,28). The highest BCUT2D eigenvalue weighted by atomic mass is 19.4. The van der Waals surface area contributed by atoms with Crippen molar-refractivity contribution in [2.45, 2.75) is 44.9 Å². The van der Waals surface area contributed by atoms with Gasteiger partial charge in [-0.25, -0.2) is 9.97 Å². The van der Waals surface area contributed by atoms with Crippen LogP contribution in [-0.4, -0.2) is 26.5 Å². The van der Waals surface area contributed by atoms with Crippen molar-refractivity contribution in [2.75, 3.05) is 0 Å². The SMILES string of the molecule is Cc1cc(C(F)(F)F)ccc1-c1cnc2c(c1)ncn2CC(=O)NC1CCC1. The fraction of sp³-hybridized carbons (Fsp3) is 0.350. The van der Waals surface area contributed by atoms with E-state index in [1.54, 1.807) is 30.1 Å². The van der Waals surface area contributed by atoms with E-state index in [4.69, 9.17) is 0 Å². The van der Waals surface area contributed by atoms with Gasteiger partial charge in [0.15, 0.2) is 5.65 Å². The van der Waals surface area contributed by atoms with Crippen LogP contribution in [0.3, 0.4) is 0 Å². The fourth-order valence-corrected chi connectivity index (χ4v) is 3.36. The van der Waals surface area contributed by atoms with Gasteiger partial charge in [0.05, 0.1) is 11.9 Å². The Morgan fingerprint density at radius 3 is 2.68 bits per heavy atom. The Bertz CT molecular complexity index is 1040. The highest BCUT2D eigenvalue weighted by Crippen LogP contribution is 2.33. The van der Waals surface area contributed by atoms with E-state index in [0.717, 1.165) is 31.4 Å². The van der Waals surface area contributed by atoms with Crippen molar-refractivity contribution in [2.24, 2.45) is 0 Å². The second kappa shape index (κ2) is 6.92. The second-order valence-electron chi connectivity index (χ2n) is 7.16. The molecule has 0 aliphatic heterocycles. The number of hydrogen-bond acceptors (Lipinski definition) is 3. The van der Waals surface area contributed by atoms with E-state index in [-0.39, 0.29) is 18.5 Å². The highest BCUT2D eigenvalue weighted by molar-refractivity contribution is 5.82. The Morgan fingerprint density at radius 1 is 1.25 bits per heavy atom. The largest absolute Gasteiger partial charge is 0.416 e. The molecule has 4 rings (SSSR count). The molecule has 146 valence electrons. The Morgan fingerprint density at radius 2 is 2.04 bits per heavy atom. The lowest BCUT2D eigenvalue weighted by molar-refractivity contribution is -0.137. The summed E-state index contributed by atoms with van der Waals surface area (Å²) in [6.07, 6.45) is 1.97. The smallest absolute Gasteiger partial charge is 0.352 e. The highest BCUT2D eigenvalue weighted by Gasteiger charge is 2.30. The molecular weight excluding hydrogens is 369 g/mol. The number of benzene rings is 1. The van der Waals surface area contributed by atoms with Gasteiger partial charge >= 0.3 is 6.18 Å². The summed E-state index contributed by atoms with van der Waals surface area (Å²) in [5.74, 6) is -0.0755. The molecule has 1 N–H and O–H groups in total. The van der Waals surface area contributed by atoms with Crippen molar-refractivity contribution in [3.8, 4) is 11.1 Å². The van der Waals surface area contributed by atoms with Crippen molar-refractivity contribution < 1.29 is 18.0 Å². The van der Waals surface area contributed by atoms with E-state index < -0.39 is 11.7 Å². The van der Waals surface area contributed by atoms with Gasteiger partial charge in [0.2, 0.25) is 5.91 Å². The minimum absolute atomic E-state index is 0.0755. The van der Waals surface area contributed by atoms with Gasteiger partial charge in [0, 0.05) is 17.8 Å². The molecule has 1 fully saturated rings. The van der Waals surface area contributed by atoms with Crippen molar-refractivity contribution >= 4 is 17.1 Å². The number of pyridine rings is 1. The van der Waals surface area contributed by atoms with Gasteiger partial charge in [-0.1, -0.05) is 6.07 Å². The average Bonchev–Trinajstić information content (AvgIpc) is 2.99. The molecule has 0 bridgehead atoms. The number of carbonyl (C=O) groups is 1. The number of amides is 1. The molecule has 0 spiro atoms. The van der Waals surface area contributed by atoms with E-state index >= 15 is 0 Å². The number of fused-ring (bicyclic) bond motifs is 1. The maximum Gasteiger partial charge on any atom is 0.416 e. The molecule has 2 heterocycles. The molecule has 1 amide bonds. The van der Waals surface area contributed by atoms with Crippen molar-refractivity contribution in [3.63, 3.8) is 0 Å². The van der Waals surface area contributed by atoms with Gasteiger partial charge < -0.3 is 9.88 Å². The zero-order valence-electron chi connectivity index (χ0n) is 15.3. The first-order valence-electron chi connectivity index (χ1n) is 9.10. The van der Waals surface area contributed by atoms with Gasteiger partial charge in [0.1, 0.15) is 12.1 Å². The van der Waals surface area contributed by atoms with E-state index in [1.807, 2.05) is 0 Å². The predicted octanol–water partition coefficient (Wildman–Crippen LogP) is 4.09. The lowest BCUT2D eigenvalue weighted by Crippen LogP contribution is -2.41. The fourth-order valence-electron chi connectivity index (χ4n) is 3.36. The molecule has 8 heteroatoms. The summed E-state index contributed by atoms with van der Waals surface area (Å²) in [6, 6.07) is 5.69. The number of hydrogen-bond donors (Lipinski definition) is 1. The van der Waals surface area contributed by atoms with Gasteiger partial charge in [0.25, 0.3) is 0 Å². The van der Waals surface area contributed by atoms with E-state index in [9.17, 15) is 18.0 Å². The maximum atomic E-state index is 12.9. The molecule has 0 atom stereocenters. The predicted molar refractivity (Wildman–Crippen MR) is 98.5 cm³/mol. The molecule has 1 aromatic carbocycles. The first kappa shape index (κ1) is 18.5. The molecule has 0 radical (unpaired) electrons. The van der Waals surface area contributed by atoms with E-state index in [1.165, 1.54) is 6.07 Å². The monoisotopic (exact) mass is 388 g/mol. The third kappa shape index (κ3) is 3.58. The minimum Gasteiger partial charge on any atom is -0.352 e. The quantitative estimate of drug-likeness (QED) is 0.732. The molecule has 28 heavy (non-hydrogen) atoms. The lowest BCUT2D eigenvalue weighted by Gasteiger charge is -2.26. The summed E-state index contributed by atoms with van der Waals surface area (Å²) in [5.41, 5.74) is 2.34. The maximum absolute atomic E-state index is 12.9. The van der Waals surface area contributed by atoms with Gasteiger partial charge in [-0.3, -0.25) is 4.79 Å². The molecule has 1 aliphatic rings. The van der Waals surface area contributed by atoms with Gasteiger partial charge in [-0.15, -0.1) is 0 Å². The van der Waals surface area contributed by atoms with Crippen LogP contribution in [0.5, 0.6) is 0 Å². The number of aromatic nitrogens is 3. The van der Waals surface area contributed by atoms with Crippen LogP contribution in [0, 0.1) is 6.92 Å². The summed E-state index contributed by atoms with van der Waals surface area (Å²) in [4.78, 5) is 20.8. The average molecular weight is 388 g/mol. The summed E-state index contributed by atoms with van der Waals surface area (Å²) in [6.45, 7) is 1.77. The van der Waals surface area contributed by atoms with Gasteiger partial charge in [-0.05, 0) is 55.5 Å². The van der Waals surface area contributed by atoms with Crippen molar-refractivity contribution in [3.05, 3.63) is 47.9 Å². The Balaban J connectivity index is 1.58. The van der Waals surface area contributed by atoms with Crippen molar-refractivity contribution in [1.29, 1.82) is 0 Å². The van der Waals surface area contributed by atoms with Crippen LogP contribution >= 0.6 is 0 Å². The number of imidazole rings is 1. The molecular formula is C20H19F3N4O. The Labute approximate surface area is 159 Å². The Hall–Kier alpha value is -2.90. The minimum atomic E-state index is -4.37. The number of halogens is 3. The van der Waals surface area contributed by atoms with Crippen LogP contribution in [0.2, 0.25) is 0 Å². The summed E-state index contributed by atoms with van der Waals surface area (Å²) >= 11 is 0. The number of rotatable bonds is 4. The summed E-state index contributed by atoms with van der Waals surface area (Å²) in [5, 5.41) is 2.97. The summed E-state index contributed by atoms with van der Waals surface area (Å²) < 4.78 is 40.3. The molecule has 1 saturated carbocycles. The Kier molecular flexibility index (Phi) is 4.56. The molecule has 0 saturated heterocycles. The van der Waals surface area contributed by atoms with Crippen LogP contribution in [0.15, 0.2) is 36.8 Å². The van der Waals surface area contributed by atoms with E-state index in [0.29, 0.717) is 27.9 Å². The molecule has 0 unspecified atom stereocenters. The molecule has 3 aromatic rings. The third-order valence-corrected chi connectivity index (χ3v) is 5.10. The lowest BCUT2D eigenvalue weighted by atomic mass is 9.93. The zero-order chi connectivity index (χ0) is 19.9. The van der Waals surface area contributed by atoms with Crippen molar-refractivity contribution in [1.82, 2.24) is 19.9 Å². The normalized spacial score (nSPS) is 14.9. The first-order chi connectivity index (χ1) is 13.3. The van der Waals surface area contributed by atoms with Crippen LogP contribution in [0.4, 0.5) is 13.2 Å². The van der Waals surface area contributed by atoms with Crippen LogP contribution < -0.4 is 5.32 Å². The first-order valence-corrected chi connectivity index (χ1v) is 9.10. The van der Waals surface area contributed by atoms with Crippen LogP contribution in [-0.2, 0) is 17.5 Å². The number of nitrogens with one attached hydrogen (secondary N) is 1. The second-order valence-corrected chi connectivity index (χ2v) is 7.16. The van der Waals surface area contributed by atoms with Crippen LogP contribution in [0.25, 0.3) is 22.3 Å². The zero-order valence-corrected chi connectivity index (χ0v) is 15.3. The number of carbonyl (C=O) groups excluding carboxylic acids is 1. The number of alkyl halides is 3. The van der Waals surface area contributed by atoms with Gasteiger partial charge in [-0.2, -0.15) is 13.2 Å².